The van der Waals surface area contributed by atoms with Crippen LogP contribution in [0.25, 0.3) is 0 Å². The minimum absolute atomic E-state index is 0.0847. The second kappa shape index (κ2) is 6.21. The lowest BCUT2D eigenvalue weighted by atomic mass is 10.2. The van der Waals surface area contributed by atoms with Crippen LogP contribution in [0.3, 0.4) is 0 Å². The lowest BCUT2D eigenvalue weighted by molar-refractivity contribution is 0.101. The summed E-state index contributed by atoms with van der Waals surface area (Å²) in [7, 11) is 0. The van der Waals surface area contributed by atoms with Gasteiger partial charge < -0.3 is 0 Å². The van der Waals surface area contributed by atoms with E-state index in [0.717, 1.165) is 20.7 Å². The van der Waals surface area contributed by atoms with Gasteiger partial charge in [0.2, 0.25) is 0 Å². The zero-order valence-electron chi connectivity index (χ0n) is 10.0. The molecule has 1 nitrogen and oxygen atoms in total. The molecule has 2 rings (SSSR count). The molecule has 0 atom stereocenters. The summed E-state index contributed by atoms with van der Waals surface area (Å²) in [4.78, 5) is 12.5. The Balaban J connectivity index is 2.07. The van der Waals surface area contributed by atoms with Crippen molar-refractivity contribution < 1.29 is 4.79 Å². The Morgan fingerprint density at radius 2 is 1.89 bits per heavy atom. The molecule has 0 amide bonds. The molecule has 0 aliphatic heterocycles. The number of hydrogen-bond donors (Lipinski definition) is 0. The fourth-order valence-electron chi connectivity index (χ4n) is 1.61. The summed E-state index contributed by atoms with van der Waals surface area (Å²) in [5.74, 6) is 1.02. The van der Waals surface area contributed by atoms with Gasteiger partial charge in [-0.05, 0) is 30.7 Å². The van der Waals surface area contributed by atoms with Gasteiger partial charge in [0.15, 0.2) is 5.78 Å². The van der Waals surface area contributed by atoms with Crippen molar-refractivity contribution in [1.29, 1.82) is 0 Å². The van der Waals surface area contributed by atoms with Crippen LogP contribution >= 0.6 is 27.7 Å². The van der Waals surface area contributed by atoms with Crippen LogP contribution in [0.1, 0.15) is 22.8 Å². The zero-order chi connectivity index (χ0) is 13.0. The maximum absolute atomic E-state index is 11.3. The highest BCUT2D eigenvalue weighted by Crippen LogP contribution is 2.27. The number of halogens is 1. The van der Waals surface area contributed by atoms with Crippen LogP contribution in [0, 0.1) is 0 Å². The van der Waals surface area contributed by atoms with Crippen LogP contribution in [-0.2, 0) is 5.75 Å². The van der Waals surface area contributed by atoms with Crippen LogP contribution in [0.5, 0.6) is 0 Å². The first-order chi connectivity index (χ1) is 8.66. The molecule has 0 aliphatic rings. The van der Waals surface area contributed by atoms with Gasteiger partial charge in [0.25, 0.3) is 0 Å². The molecule has 0 heterocycles. The molecule has 92 valence electrons. The van der Waals surface area contributed by atoms with E-state index in [4.69, 9.17) is 0 Å². The second-order valence-electron chi connectivity index (χ2n) is 3.97. The van der Waals surface area contributed by atoms with Gasteiger partial charge >= 0.3 is 0 Å². The summed E-state index contributed by atoms with van der Waals surface area (Å²) in [6, 6.07) is 16.2. The highest BCUT2D eigenvalue weighted by atomic mass is 79.9. The minimum atomic E-state index is 0.0847. The quantitative estimate of drug-likeness (QED) is 0.586. The standard InChI is InChI=1S/C15H13BrOS/c1-11(17)14-8-7-13(9-15(14)16)18-10-12-5-3-2-4-6-12/h2-9H,10H2,1H3. The summed E-state index contributed by atoms with van der Waals surface area (Å²) in [6.07, 6.45) is 0. The molecule has 3 heteroatoms. The smallest absolute Gasteiger partial charge is 0.160 e. The van der Waals surface area contributed by atoms with Gasteiger partial charge in [-0.1, -0.05) is 46.3 Å². The highest BCUT2D eigenvalue weighted by Gasteiger charge is 2.06. The van der Waals surface area contributed by atoms with Crippen molar-refractivity contribution in [2.45, 2.75) is 17.6 Å². The maximum atomic E-state index is 11.3. The topological polar surface area (TPSA) is 17.1 Å². The van der Waals surface area contributed by atoms with Crippen LogP contribution in [0.15, 0.2) is 57.9 Å². The molecule has 2 aromatic rings. The Bertz CT molecular complexity index is 552. The summed E-state index contributed by atoms with van der Waals surface area (Å²) >= 11 is 5.21. The van der Waals surface area contributed by atoms with E-state index < -0.39 is 0 Å². The molecule has 2 aromatic carbocycles. The summed E-state index contributed by atoms with van der Waals surface area (Å²) < 4.78 is 0.869. The van der Waals surface area contributed by atoms with Gasteiger partial charge in [0.05, 0.1) is 0 Å². The van der Waals surface area contributed by atoms with Crippen molar-refractivity contribution in [3.8, 4) is 0 Å². The predicted octanol–water partition coefficient (Wildman–Crippen LogP) is 4.94. The molecule has 18 heavy (non-hydrogen) atoms. The number of hydrogen-bond acceptors (Lipinski definition) is 2. The number of Topliss-reactive ketones (excluding diaryl/α,β-unsaturated/α-hetero) is 1. The van der Waals surface area contributed by atoms with Crippen LogP contribution in [0.4, 0.5) is 0 Å². The number of benzene rings is 2. The normalized spacial score (nSPS) is 10.3. The largest absolute Gasteiger partial charge is 0.294 e. The van der Waals surface area contributed by atoms with Crippen molar-refractivity contribution >= 4 is 33.5 Å². The maximum Gasteiger partial charge on any atom is 0.160 e. The first-order valence-electron chi connectivity index (χ1n) is 5.64. The van der Waals surface area contributed by atoms with E-state index in [0.29, 0.717) is 0 Å². The molecule has 0 N–H and O–H groups in total. The average Bonchev–Trinajstić information content (AvgIpc) is 2.37. The number of carbonyl (C=O) groups is 1. The van der Waals surface area contributed by atoms with E-state index in [-0.39, 0.29) is 5.78 Å². The summed E-state index contributed by atoms with van der Waals surface area (Å²) in [5, 5.41) is 0. The Labute approximate surface area is 120 Å². The molecule has 0 bridgehead atoms. The van der Waals surface area contributed by atoms with Crippen molar-refractivity contribution in [1.82, 2.24) is 0 Å². The van der Waals surface area contributed by atoms with E-state index in [1.165, 1.54) is 5.56 Å². The van der Waals surface area contributed by atoms with Crippen molar-refractivity contribution in [3.05, 3.63) is 64.1 Å². The number of carbonyl (C=O) groups excluding carboxylic acids is 1. The molecule has 0 aromatic heterocycles. The molecular weight excluding hydrogens is 308 g/mol. The Morgan fingerprint density at radius 1 is 1.17 bits per heavy atom. The SMILES string of the molecule is CC(=O)c1ccc(SCc2ccccc2)cc1Br. The molecule has 0 radical (unpaired) electrons. The molecule has 0 saturated carbocycles. The first-order valence-corrected chi connectivity index (χ1v) is 7.42. The summed E-state index contributed by atoms with van der Waals surface area (Å²) in [6.45, 7) is 1.58. The highest BCUT2D eigenvalue weighted by molar-refractivity contribution is 9.10. The molecule has 0 spiro atoms. The number of rotatable bonds is 4. The molecular formula is C15H13BrOS. The third-order valence-corrected chi connectivity index (χ3v) is 4.29. The van der Waals surface area contributed by atoms with E-state index in [2.05, 4.69) is 28.1 Å². The molecule has 0 fully saturated rings. The van der Waals surface area contributed by atoms with Crippen molar-refractivity contribution in [2.75, 3.05) is 0 Å². The fourth-order valence-corrected chi connectivity index (χ4v) is 3.31. The Hall–Kier alpha value is -1.06. The summed E-state index contributed by atoms with van der Waals surface area (Å²) in [5.41, 5.74) is 2.04. The second-order valence-corrected chi connectivity index (χ2v) is 5.88. The lowest BCUT2D eigenvalue weighted by Crippen LogP contribution is -1.93. The zero-order valence-corrected chi connectivity index (χ0v) is 12.4. The fraction of sp³-hybridized carbons (Fsp3) is 0.133. The van der Waals surface area contributed by atoms with Gasteiger partial charge in [-0.2, -0.15) is 0 Å². The van der Waals surface area contributed by atoms with Crippen molar-refractivity contribution in [3.63, 3.8) is 0 Å². The Morgan fingerprint density at radius 3 is 2.50 bits per heavy atom. The molecule has 0 saturated heterocycles. The van der Waals surface area contributed by atoms with Gasteiger partial charge in [-0.25, -0.2) is 0 Å². The van der Waals surface area contributed by atoms with E-state index in [1.807, 2.05) is 36.4 Å². The van der Waals surface area contributed by atoms with Crippen LogP contribution in [0.2, 0.25) is 0 Å². The van der Waals surface area contributed by atoms with Crippen molar-refractivity contribution in [2.24, 2.45) is 0 Å². The van der Waals surface area contributed by atoms with E-state index >= 15 is 0 Å². The van der Waals surface area contributed by atoms with Crippen LogP contribution < -0.4 is 0 Å². The third kappa shape index (κ3) is 3.47. The number of thioether (sulfide) groups is 1. The minimum Gasteiger partial charge on any atom is -0.294 e. The molecule has 0 unspecified atom stereocenters. The lowest BCUT2D eigenvalue weighted by Gasteiger charge is -2.05. The van der Waals surface area contributed by atoms with Gasteiger partial charge in [0, 0.05) is 20.7 Å². The van der Waals surface area contributed by atoms with Gasteiger partial charge in [0.1, 0.15) is 0 Å². The average molecular weight is 321 g/mol. The van der Waals surface area contributed by atoms with E-state index in [1.54, 1.807) is 18.7 Å². The van der Waals surface area contributed by atoms with Crippen LogP contribution in [-0.4, -0.2) is 5.78 Å². The van der Waals surface area contributed by atoms with Gasteiger partial charge in [-0.15, -0.1) is 11.8 Å². The molecule has 0 aliphatic carbocycles. The monoisotopic (exact) mass is 320 g/mol. The van der Waals surface area contributed by atoms with Gasteiger partial charge in [-0.3, -0.25) is 4.79 Å². The number of ketones is 1. The first kappa shape index (κ1) is 13.4. The third-order valence-electron chi connectivity index (χ3n) is 2.57. The Kier molecular flexibility index (Phi) is 4.61. The predicted molar refractivity (Wildman–Crippen MR) is 80.1 cm³/mol. The van der Waals surface area contributed by atoms with E-state index in [9.17, 15) is 4.79 Å².